The van der Waals surface area contributed by atoms with Crippen LogP contribution < -0.4 is 4.74 Å². The molecule has 0 bridgehead atoms. The Morgan fingerprint density at radius 2 is 1.94 bits per heavy atom. The highest BCUT2D eigenvalue weighted by molar-refractivity contribution is 5.76. The summed E-state index contributed by atoms with van der Waals surface area (Å²) in [6, 6.07) is 7.92. The molecule has 1 saturated heterocycles. The van der Waals surface area contributed by atoms with Gasteiger partial charge in [-0.25, -0.2) is 0 Å². The Morgan fingerprint density at radius 3 is 2.67 bits per heavy atom. The number of hydrogen-bond donors (Lipinski definition) is 0. The van der Waals surface area contributed by atoms with Gasteiger partial charge in [-0.05, 0) is 37.3 Å². The summed E-state index contributed by atoms with van der Waals surface area (Å²) in [5, 5.41) is 0. The van der Waals surface area contributed by atoms with Crippen LogP contribution in [0.2, 0.25) is 0 Å². The molecule has 0 aromatic heterocycles. The largest absolute Gasteiger partial charge is 0.496 e. The first-order valence-corrected chi connectivity index (χ1v) is 6.71. The lowest BCUT2D eigenvalue weighted by Crippen LogP contribution is -2.35. The van der Waals surface area contributed by atoms with Crippen molar-refractivity contribution in [1.29, 1.82) is 0 Å². The average molecular weight is 247 g/mol. The number of benzene rings is 1. The molecule has 3 nitrogen and oxygen atoms in total. The van der Waals surface area contributed by atoms with Crippen molar-refractivity contribution in [3.8, 4) is 5.75 Å². The zero-order valence-corrected chi connectivity index (χ0v) is 11.0. The van der Waals surface area contributed by atoms with Gasteiger partial charge in [0.05, 0.1) is 7.11 Å². The van der Waals surface area contributed by atoms with Crippen molar-refractivity contribution in [2.24, 2.45) is 0 Å². The van der Waals surface area contributed by atoms with Gasteiger partial charge >= 0.3 is 0 Å². The molecule has 98 valence electrons. The molecule has 1 heterocycles. The van der Waals surface area contributed by atoms with Crippen molar-refractivity contribution >= 4 is 5.91 Å². The summed E-state index contributed by atoms with van der Waals surface area (Å²) >= 11 is 0. The number of amides is 1. The van der Waals surface area contributed by atoms with Gasteiger partial charge in [0, 0.05) is 19.5 Å². The predicted molar refractivity (Wildman–Crippen MR) is 71.7 cm³/mol. The number of methoxy groups -OCH3 is 1. The smallest absolute Gasteiger partial charge is 0.222 e. The SMILES string of the molecule is COc1ccccc1CCC(=O)N1CCCCC1. The van der Waals surface area contributed by atoms with Crippen LogP contribution in [0.3, 0.4) is 0 Å². The number of aryl methyl sites for hydroxylation is 1. The number of carbonyl (C=O) groups is 1. The molecule has 0 spiro atoms. The summed E-state index contributed by atoms with van der Waals surface area (Å²) in [5.74, 6) is 1.16. The van der Waals surface area contributed by atoms with E-state index in [0.29, 0.717) is 6.42 Å². The van der Waals surface area contributed by atoms with Crippen molar-refractivity contribution in [2.75, 3.05) is 20.2 Å². The monoisotopic (exact) mass is 247 g/mol. The summed E-state index contributed by atoms with van der Waals surface area (Å²) in [6.07, 6.45) is 4.91. The van der Waals surface area contributed by atoms with Gasteiger partial charge in [-0.3, -0.25) is 4.79 Å². The van der Waals surface area contributed by atoms with E-state index in [1.807, 2.05) is 29.2 Å². The zero-order chi connectivity index (χ0) is 12.8. The van der Waals surface area contributed by atoms with Crippen LogP contribution in [0.1, 0.15) is 31.2 Å². The average Bonchev–Trinajstić information content (AvgIpc) is 2.46. The molecule has 0 saturated carbocycles. The number of hydrogen-bond acceptors (Lipinski definition) is 2. The van der Waals surface area contributed by atoms with Crippen LogP contribution in [-0.2, 0) is 11.2 Å². The van der Waals surface area contributed by atoms with E-state index in [1.165, 1.54) is 6.42 Å². The molecule has 1 fully saturated rings. The van der Waals surface area contributed by atoms with Gasteiger partial charge in [0.15, 0.2) is 0 Å². The maximum absolute atomic E-state index is 12.1. The van der Waals surface area contributed by atoms with Crippen molar-refractivity contribution in [2.45, 2.75) is 32.1 Å². The van der Waals surface area contributed by atoms with Crippen molar-refractivity contribution in [1.82, 2.24) is 4.90 Å². The fourth-order valence-corrected chi connectivity index (χ4v) is 2.45. The quantitative estimate of drug-likeness (QED) is 0.818. The fraction of sp³-hybridized carbons (Fsp3) is 0.533. The number of para-hydroxylation sites is 1. The minimum Gasteiger partial charge on any atom is -0.496 e. The first kappa shape index (κ1) is 12.9. The second-order valence-electron chi connectivity index (χ2n) is 4.75. The molecule has 1 aromatic carbocycles. The standard InChI is InChI=1S/C15H21NO2/c1-18-14-8-4-3-7-13(14)9-10-15(17)16-11-5-2-6-12-16/h3-4,7-8H,2,5-6,9-12H2,1H3. The van der Waals surface area contributed by atoms with Crippen molar-refractivity contribution in [3.63, 3.8) is 0 Å². The molecular formula is C15H21NO2. The lowest BCUT2D eigenvalue weighted by Gasteiger charge is -2.26. The van der Waals surface area contributed by atoms with Gasteiger partial charge in [0.25, 0.3) is 0 Å². The number of nitrogens with zero attached hydrogens (tertiary/aromatic N) is 1. The lowest BCUT2D eigenvalue weighted by atomic mass is 10.1. The van der Waals surface area contributed by atoms with Gasteiger partial charge in [0.1, 0.15) is 5.75 Å². The highest BCUT2D eigenvalue weighted by atomic mass is 16.5. The van der Waals surface area contributed by atoms with E-state index in [2.05, 4.69) is 0 Å². The van der Waals surface area contributed by atoms with Gasteiger partial charge in [-0.2, -0.15) is 0 Å². The molecule has 0 unspecified atom stereocenters. The van der Waals surface area contributed by atoms with Crippen molar-refractivity contribution < 1.29 is 9.53 Å². The Bertz CT molecular complexity index is 397. The fourth-order valence-electron chi connectivity index (χ4n) is 2.45. The molecule has 0 radical (unpaired) electrons. The number of ether oxygens (including phenoxy) is 1. The summed E-state index contributed by atoms with van der Waals surface area (Å²) in [7, 11) is 1.67. The number of rotatable bonds is 4. The molecule has 1 aromatic rings. The summed E-state index contributed by atoms with van der Waals surface area (Å²) < 4.78 is 5.30. The van der Waals surface area contributed by atoms with E-state index >= 15 is 0 Å². The molecule has 1 aliphatic rings. The van der Waals surface area contributed by atoms with Gasteiger partial charge in [-0.1, -0.05) is 18.2 Å². The highest BCUT2D eigenvalue weighted by Crippen LogP contribution is 2.19. The minimum atomic E-state index is 0.278. The molecule has 1 amide bonds. The zero-order valence-electron chi connectivity index (χ0n) is 11.0. The van der Waals surface area contributed by atoms with Crippen LogP contribution in [-0.4, -0.2) is 31.0 Å². The Morgan fingerprint density at radius 1 is 1.22 bits per heavy atom. The molecule has 0 N–H and O–H groups in total. The molecule has 18 heavy (non-hydrogen) atoms. The van der Waals surface area contributed by atoms with Crippen LogP contribution in [0.15, 0.2) is 24.3 Å². The van der Waals surface area contributed by atoms with E-state index in [9.17, 15) is 4.79 Å². The Kier molecular flexibility index (Phi) is 4.62. The first-order chi connectivity index (χ1) is 8.81. The maximum Gasteiger partial charge on any atom is 0.222 e. The van der Waals surface area contributed by atoms with E-state index < -0.39 is 0 Å². The Balaban J connectivity index is 1.88. The third-order valence-electron chi connectivity index (χ3n) is 3.51. The van der Waals surface area contributed by atoms with Crippen molar-refractivity contribution in [3.05, 3.63) is 29.8 Å². The maximum atomic E-state index is 12.1. The molecule has 2 rings (SSSR count). The van der Waals surface area contributed by atoms with E-state index in [4.69, 9.17) is 4.74 Å². The van der Waals surface area contributed by atoms with Crippen LogP contribution in [0, 0.1) is 0 Å². The third kappa shape index (κ3) is 3.25. The van der Waals surface area contributed by atoms with Crippen LogP contribution >= 0.6 is 0 Å². The molecule has 3 heteroatoms. The van der Waals surface area contributed by atoms with E-state index in [1.54, 1.807) is 7.11 Å². The topological polar surface area (TPSA) is 29.5 Å². The summed E-state index contributed by atoms with van der Waals surface area (Å²) in [5.41, 5.74) is 1.12. The van der Waals surface area contributed by atoms with E-state index in [0.717, 1.165) is 43.7 Å². The number of carbonyl (C=O) groups excluding carboxylic acids is 1. The Hall–Kier alpha value is -1.51. The van der Waals surface area contributed by atoms with Crippen LogP contribution in [0.4, 0.5) is 0 Å². The van der Waals surface area contributed by atoms with Gasteiger partial charge in [0.2, 0.25) is 5.91 Å². The number of piperidine rings is 1. The molecular weight excluding hydrogens is 226 g/mol. The summed E-state index contributed by atoms with van der Waals surface area (Å²) in [4.78, 5) is 14.1. The highest BCUT2D eigenvalue weighted by Gasteiger charge is 2.16. The van der Waals surface area contributed by atoms with Crippen LogP contribution in [0.25, 0.3) is 0 Å². The second kappa shape index (κ2) is 6.43. The van der Waals surface area contributed by atoms with Gasteiger partial charge in [-0.15, -0.1) is 0 Å². The molecule has 1 aliphatic heterocycles. The summed E-state index contributed by atoms with van der Waals surface area (Å²) in [6.45, 7) is 1.87. The number of likely N-dealkylation sites (tertiary alicyclic amines) is 1. The lowest BCUT2D eigenvalue weighted by molar-refractivity contribution is -0.132. The third-order valence-corrected chi connectivity index (χ3v) is 3.51. The predicted octanol–water partition coefficient (Wildman–Crippen LogP) is 2.64. The minimum absolute atomic E-state index is 0.278. The Labute approximate surface area is 109 Å². The molecule has 0 aliphatic carbocycles. The van der Waals surface area contributed by atoms with E-state index in [-0.39, 0.29) is 5.91 Å². The normalized spacial score (nSPS) is 15.5. The molecule has 0 atom stereocenters. The van der Waals surface area contributed by atoms with Gasteiger partial charge < -0.3 is 9.64 Å². The van der Waals surface area contributed by atoms with Crippen LogP contribution in [0.5, 0.6) is 5.75 Å². The second-order valence-corrected chi connectivity index (χ2v) is 4.75. The first-order valence-electron chi connectivity index (χ1n) is 6.71.